The van der Waals surface area contributed by atoms with Crippen molar-refractivity contribution >= 4 is 39.2 Å². The van der Waals surface area contributed by atoms with Crippen molar-refractivity contribution in [2.45, 2.75) is 56.0 Å². The van der Waals surface area contributed by atoms with Gasteiger partial charge >= 0.3 is 6.01 Å². The molecule has 45 heavy (non-hydrogen) atoms. The zero-order valence-electron chi connectivity index (χ0n) is 24.6. The van der Waals surface area contributed by atoms with Crippen LogP contribution in [0, 0.1) is 5.82 Å². The number of benzene rings is 1. The van der Waals surface area contributed by atoms with Crippen molar-refractivity contribution in [2.75, 3.05) is 51.0 Å². The Hall–Kier alpha value is -3.61. The van der Waals surface area contributed by atoms with E-state index < -0.39 is 5.82 Å². The van der Waals surface area contributed by atoms with E-state index in [1.807, 2.05) is 6.07 Å². The fourth-order valence-electron chi connectivity index (χ4n) is 7.82. The number of fused-ring (bicyclic) bond motifs is 4. The molecule has 4 fully saturated rings. The van der Waals surface area contributed by atoms with E-state index in [4.69, 9.17) is 40.8 Å². The molecule has 3 saturated heterocycles. The van der Waals surface area contributed by atoms with Gasteiger partial charge in [-0.25, -0.2) is 13.8 Å². The largest absolute Gasteiger partial charge is 0.475 e. The molecule has 7 heterocycles. The van der Waals surface area contributed by atoms with Crippen LogP contribution in [0.3, 0.4) is 0 Å². The minimum atomic E-state index is -0.591. The number of hydrogen-bond donors (Lipinski definition) is 1. The molecule has 4 aromatic rings. The number of halogens is 3. The number of ether oxygens (including phenoxy) is 3. The minimum Gasteiger partial charge on any atom is -0.475 e. The molecule has 5 aliphatic rings. The highest BCUT2D eigenvalue weighted by Crippen LogP contribution is 2.51. The second-order valence-corrected chi connectivity index (χ2v) is 13.4. The molecule has 13 heteroatoms. The summed E-state index contributed by atoms with van der Waals surface area (Å²) < 4.78 is 49.3. The van der Waals surface area contributed by atoms with Crippen molar-refractivity contribution in [3.05, 3.63) is 40.6 Å². The molecular weight excluding hydrogens is 604 g/mol. The number of anilines is 1. The van der Waals surface area contributed by atoms with Crippen LogP contribution in [0.2, 0.25) is 5.02 Å². The van der Waals surface area contributed by atoms with E-state index in [9.17, 15) is 4.39 Å². The standard InChI is InChI=1S/C32H32ClF2N7O3/c33-21-9-22-20(12-36-40-22)24(23(21)18-3-4-18)27-26(35)28-25-29(42-7-2-8-43-14-19(42)15-44-30(25)37-27)39-31(38-28)45-16-32-5-1-6-41(32)13-17(10-32)11-34/h9,11-12,18-19H,1-8,10,13-16H2,(H,36,40)/b17-11-/t19-,32-/m0/s1. The summed E-state index contributed by atoms with van der Waals surface area (Å²) in [5.41, 5.74) is 2.80. The molecule has 2 atom stereocenters. The van der Waals surface area contributed by atoms with Crippen molar-refractivity contribution in [3.8, 4) is 23.1 Å². The molecule has 4 aliphatic heterocycles. The molecule has 1 N–H and O–H groups in total. The van der Waals surface area contributed by atoms with Crippen LogP contribution < -0.4 is 14.4 Å². The molecule has 10 nitrogen and oxygen atoms in total. The van der Waals surface area contributed by atoms with E-state index in [0.29, 0.717) is 66.6 Å². The van der Waals surface area contributed by atoms with E-state index in [1.54, 1.807) is 6.20 Å². The minimum absolute atomic E-state index is 0.0752. The van der Waals surface area contributed by atoms with E-state index >= 15 is 4.39 Å². The van der Waals surface area contributed by atoms with E-state index in [2.05, 4.69) is 20.0 Å². The predicted octanol–water partition coefficient (Wildman–Crippen LogP) is 5.70. The molecule has 0 radical (unpaired) electrons. The summed E-state index contributed by atoms with van der Waals surface area (Å²) in [6, 6.07) is 1.77. The van der Waals surface area contributed by atoms with Crippen molar-refractivity contribution in [3.63, 3.8) is 0 Å². The van der Waals surface area contributed by atoms with Gasteiger partial charge in [0.15, 0.2) is 5.82 Å². The van der Waals surface area contributed by atoms with E-state index in [-0.39, 0.29) is 47.2 Å². The number of rotatable bonds is 5. The van der Waals surface area contributed by atoms with Gasteiger partial charge < -0.3 is 19.1 Å². The molecule has 0 unspecified atom stereocenters. The third-order valence-electron chi connectivity index (χ3n) is 10.1. The molecule has 1 aliphatic carbocycles. The first kappa shape index (κ1) is 27.7. The quantitative estimate of drug-likeness (QED) is 0.296. The van der Waals surface area contributed by atoms with Gasteiger partial charge in [0.2, 0.25) is 5.88 Å². The average molecular weight is 636 g/mol. The van der Waals surface area contributed by atoms with Gasteiger partial charge in [-0.3, -0.25) is 10.00 Å². The van der Waals surface area contributed by atoms with Crippen LogP contribution >= 0.6 is 11.6 Å². The van der Waals surface area contributed by atoms with Crippen LogP contribution in [0.5, 0.6) is 11.9 Å². The highest BCUT2D eigenvalue weighted by atomic mass is 35.5. The number of nitrogens with one attached hydrogen (secondary N) is 1. The van der Waals surface area contributed by atoms with Gasteiger partial charge in [-0.1, -0.05) is 11.6 Å². The van der Waals surface area contributed by atoms with Gasteiger partial charge in [-0.05, 0) is 68.2 Å². The third kappa shape index (κ3) is 4.39. The van der Waals surface area contributed by atoms with Gasteiger partial charge in [0.05, 0.1) is 36.2 Å². The third-order valence-corrected chi connectivity index (χ3v) is 10.4. The normalized spacial score (nSPS) is 25.8. The predicted molar refractivity (Wildman–Crippen MR) is 164 cm³/mol. The number of aromatic nitrogens is 5. The summed E-state index contributed by atoms with van der Waals surface area (Å²) in [5, 5.41) is 8.91. The van der Waals surface area contributed by atoms with Gasteiger partial charge in [-0.2, -0.15) is 15.1 Å². The van der Waals surface area contributed by atoms with Crippen molar-refractivity contribution < 1.29 is 23.0 Å². The van der Waals surface area contributed by atoms with Gasteiger partial charge in [0.25, 0.3) is 0 Å². The lowest BCUT2D eigenvalue weighted by atomic mass is 9.94. The molecule has 1 saturated carbocycles. The van der Waals surface area contributed by atoms with Crippen LogP contribution in [-0.2, 0) is 4.74 Å². The zero-order valence-corrected chi connectivity index (χ0v) is 25.4. The second kappa shape index (κ2) is 10.5. The van der Waals surface area contributed by atoms with Crippen LogP contribution in [0.15, 0.2) is 24.2 Å². The number of hydrogen-bond acceptors (Lipinski definition) is 9. The molecule has 0 bridgehead atoms. The Morgan fingerprint density at radius 2 is 2.09 bits per heavy atom. The zero-order chi connectivity index (χ0) is 30.3. The SMILES string of the molecule is F/C=C1\CN2CCC[C@@]2(COc2nc3c4c(nc(-c5c(C6CC6)c(Cl)cc6[nH]ncc56)c(F)c4n2)OC[C@@H]2COCCCN32)C1. The van der Waals surface area contributed by atoms with Crippen LogP contribution in [0.4, 0.5) is 14.6 Å². The maximum absolute atomic E-state index is 17.1. The lowest BCUT2D eigenvalue weighted by Crippen LogP contribution is -2.43. The first-order valence-corrected chi connectivity index (χ1v) is 16.1. The molecular formula is C32H32ClF2N7O3. The number of nitrogens with zero attached hydrogens (tertiary/aromatic N) is 6. The molecule has 1 aromatic carbocycles. The summed E-state index contributed by atoms with van der Waals surface area (Å²) >= 11 is 6.82. The Morgan fingerprint density at radius 3 is 2.96 bits per heavy atom. The van der Waals surface area contributed by atoms with E-state index in [1.165, 1.54) is 0 Å². The maximum Gasteiger partial charge on any atom is 0.319 e. The summed E-state index contributed by atoms with van der Waals surface area (Å²) in [7, 11) is 0. The Kier molecular flexibility index (Phi) is 6.44. The lowest BCUT2D eigenvalue weighted by Gasteiger charge is -2.31. The van der Waals surface area contributed by atoms with Crippen molar-refractivity contribution in [2.24, 2.45) is 0 Å². The average Bonchev–Trinajstić information content (AvgIpc) is 3.62. The first-order chi connectivity index (χ1) is 22.0. The monoisotopic (exact) mass is 635 g/mol. The van der Waals surface area contributed by atoms with Gasteiger partial charge in [0, 0.05) is 35.7 Å². The summed E-state index contributed by atoms with van der Waals surface area (Å²) in [4.78, 5) is 18.8. The van der Waals surface area contributed by atoms with Crippen LogP contribution in [0.25, 0.3) is 33.1 Å². The highest BCUT2D eigenvalue weighted by molar-refractivity contribution is 6.33. The summed E-state index contributed by atoms with van der Waals surface area (Å²) in [6.45, 7) is 3.76. The smallest absolute Gasteiger partial charge is 0.319 e. The lowest BCUT2D eigenvalue weighted by molar-refractivity contribution is 0.108. The topological polar surface area (TPSA) is 102 Å². The fourth-order valence-corrected chi connectivity index (χ4v) is 8.18. The molecule has 9 rings (SSSR count). The Labute approximate surface area is 262 Å². The first-order valence-electron chi connectivity index (χ1n) is 15.7. The summed E-state index contributed by atoms with van der Waals surface area (Å²) in [6.07, 6.45) is 7.61. The number of aromatic amines is 1. The van der Waals surface area contributed by atoms with Gasteiger partial charge in [-0.15, -0.1) is 0 Å². The Bertz CT molecular complexity index is 1880. The van der Waals surface area contributed by atoms with E-state index in [0.717, 1.165) is 61.5 Å². The van der Waals surface area contributed by atoms with Crippen molar-refractivity contribution in [1.82, 2.24) is 30.0 Å². The Morgan fingerprint density at radius 1 is 1.18 bits per heavy atom. The maximum atomic E-state index is 17.1. The molecule has 3 aromatic heterocycles. The van der Waals surface area contributed by atoms with Crippen LogP contribution in [0.1, 0.15) is 50.0 Å². The fraction of sp³-hybridized carbons (Fsp3) is 0.500. The molecule has 0 spiro atoms. The van der Waals surface area contributed by atoms with Crippen molar-refractivity contribution in [1.29, 1.82) is 0 Å². The summed E-state index contributed by atoms with van der Waals surface area (Å²) in [5.74, 6) is 0.408. The second-order valence-electron chi connectivity index (χ2n) is 13.0. The van der Waals surface area contributed by atoms with Crippen LogP contribution in [-0.4, -0.2) is 87.7 Å². The molecule has 234 valence electrons. The Balaban J connectivity index is 1.23. The molecule has 0 amide bonds. The van der Waals surface area contributed by atoms with Gasteiger partial charge in [0.1, 0.15) is 35.6 Å². The highest BCUT2D eigenvalue weighted by Gasteiger charge is 2.47. The number of H-pyrrole nitrogens is 1. The number of pyridine rings is 1.